The first-order valence-corrected chi connectivity index (χ1v) is 11.3. The summed E-state index contributed by atoms with van der Waals surface area (Å²) in [7, 11) is 0. The van der Waals surface area contributed by atoms with E-state index in [1.54, 1.807) is 0 Å². The van der Waals surface area contributed by atoms with Gasteiger partial charge in [0.05, 0.1) is 18.7 Å². The number of nitrogens with zero attached hydrogens (tertiary/aromatic N) is 4. The van der Waals surface area contributed by atoms with Crippen molar-refractivity contribution in [2.75, 3.05) is 13.1 Å². The molecule has 1 aliphatic carbocycles. The molecule has 7 nitrogen and oxygen atoms in total. The molecule has 1 aromatic heterocycles. The lowest BCUT2D eigenvalue weighted by atomic mass is 9.75. The van der Waals surface area contributed by atoms with E-state index in [-0.39, 0.29) is 11.8 Å². The lowest BCUT2D eigenvalue weighted by Gasteiger charge is -2.49. The number of aromatic nitrogens is 3. The first kappa shape index (κ1) is 19.7. The summed E-state index contributed by atoms with van der Waals surface area (Å²) in [4.78, 5) is 15.3. The number of hydrogen-bond donors (Lipinski definition) is 2. The molecule has 4 fully saturated rings. The molecule has 3 aliphatic heterocycles. The van der Waals surface area contributed by atoms with Gasteiger partial charge in [-0.25, -0.2) is 0 Å². The summed E-state index contributed by atoms with van der Waals surface area (Å²) in [6.45, 7) is 3.24. The lowest BCUT2D eigenvalue weighted by Crippen LogP contribution is -2.58. The fourth-order valence-corrected chi connectivity index (χ4v) is 5.57. The van der Waals surface area contributed by atoms with Gasteiger partial charge in [-0.2, -0.15) is 0 Å². The molecule has 1 saturated carbocycles. The van der Waals surface area contributed by atoms with E-state index in [1.165, 1.54) is 0 Å². The Morgan fingerprint density at radius 3 is 2.77 bits per heavy atom. The fourth-order valence-electron chi connectivity index (χ4n) is 5.57. The van der Waals surface area contributed by atoms with Crippen LogP contribution in [-0.2, 0) is 23.5 Å². The Balaban J connectivity index is 1.18. The third kappa shape index (κ3) is 3.88. The molecule has 0 spiro atoms. The molecule has 4 aliphatic rings. The minimum Gasteiger partial charge on any atom is -0.383 e. The Morgan fingerprint density at radius 2 is 2.03 bits per heavy atom. The number of carbonyl (C=O) groups is 1. The number of aliphatic hydroxyl groups is 1. The van der Waals surface area contributed by atoms with Crippen LogP contribution < -0.4 is 5.32 Å². The molecule has 2 N–H and O–H groups in total. The van der Waals surface area contributed by atoms with E-state index in [0.29, 0.717) is 24.2 Å². The van der Waals surface area contributed by atoms with Crippen LogP contribution >= 0.6 is 0 Å². The average Bonchev–Trinajstić information content (AvgIpc) is 3.43. The van der Waals surface area contributed by atoms with Crippen molar-refractivity contribution in [3.63, 3.8) is 0 Å². The van der Waals surface area contributed by atoms with Gasteiger partial charge >= 0.3 is 0 Å². The highest BCUT2D eigenvalue weighted by molar-refractivity contribution is 5.79. The molecule has 4 atom stereocenters. The molecule has 160 valence electrons. The van der Waals surface area contributed by atoms with Crippen molar-refractivity contribution in [2.45, 2.75) is 63.3 Å². The highest BCUT2D eigenvalue weighted by Gasteiger charge is 2.43. The van der Waals surface area contributed by atoms with Crippen molar-refractivity contribution in [1.29, 1.82) is 0 Å². The number of fused-ring (bicyclic) bond motifs is 3. The van der Waals surface area contributed by atoms with Crippen LogP contribution in [0.1, 0.15) is 49.8 Å². The van der Waals surface area contributed by atoms with Gasteiger partial charge in [0.1, 0.15) is 11.3 Å². The van der Waals surface area contributed by atoms with Crippen molar-refractivity contribution in [3.8, 4) is 0 Å². The lowest BCUT2D eigenvalue weighted by molar-refractivity contribution is -0.133. The maximum absolute atomic E-state index is 12.8. The van der Waals surface area contributed by atoms with Crippen LogP contribution in [0.4, 0.5) is 0 Å². The smallest absolute Gasteiger partial charge is 0.224 e. The Kier molecular flexibility index (Phi) is 5.33. The van der Waals surface area contributed by atoms with Crippen LogP contribution in [0.5, 0.6) is 0 Å². The molecule has 7 heteroatoms. The summed E-state index contributed by atoms with van der Waals surface area (Å²) >= 11 is 0. The molecular weight excluding hydrogens is 378 g/mol. The first-order chi connectivity index (χ1) is 14.6. The van der Waals surface area contributed by atoms with Gasteiger partial charge in [-0.05, 0) is 43.7 Å². The van der Waals surface area contributed by atoms with Crippen molar-refractivity contribution in [3.05, 3.63) is 47.8 Å². The Hall–Kier alpha value is -2.25. The van der Waals surface area contributed by atoms with Gasteiger partial charge in [0.25, 0.3) is 0 Å². The van der Waals surface area contributed by atoms with Crippen LogP contribution in [0.15, 0.2) is 36.5 Å². The number of hydrogen-bond acceptors (Lipinski definition) is 5. The number of piperidine rings is 3. The summed E-state index contributed by atoms with van der Waals surface area (Å²) < 4.78 is 1.89. The van der Waals surface area contributed by atoms with E-state index in [4.69, 9.17) is 0 Å². The molecular formula is C23H31N5O2. The molecule has 1 amide bonds. The second-order valence-corrected chi connectivity index (χ2v) is 9.31. The molecule has 0 radical (unpaired) electrons. The standard InChI is InChI=1S/C23H31N5O2/c29-22(24-13-17-6-2-1-3-7-17)20-15-27-11-8-18(20)12-19(27)14-28-16-21(25-26-28)23(30)9-4-5-10-23/h1-3,6-7,16,18-20,30H,4-5,8-15H2,(H,24,29)/t18-,19+,20+/m0/s1. The number of benzene rings is 1. The number of rotatable bonds is 6. The zero-order chi connectivity index (χ0) is 20.6. The van der Waals surface area contributed by atoms with E-state index >= 15 is 0 Å². The highest BCUT2D eigenvalue weighted by Crippen LogP contribution is 2.38. The predicted octanol–water partition coefficient (Wildman–Crippen LogP) is 2.07. The Bertz CT molecular complexity index is 877. The molecule has 2 bridgehead atoms. The third-order valence-electron chi connectivity index (χ3n) is 7.37. The molecule has 6 rings (SSSR count). The number of amides is 1. The molecule has 3 saturated heterocycles. The van der Waals surface area contributed by atoms with Crippen LogP contribution in [0.25, 0.3) is 0 Å². The first-order valence-electron chi connectivity index (χ1n) is 11.3. The topological polar surface area (TPSA) is 83.3 Å². The minimum absolute atomic E-state index is 0.0734. The van der Waals surface area contributed by atoms with Crippen molar-refractivity contribution in [2.24, 2.45) is 11.8 Å². The van der Waals surface area contributed by atoms with Crippen LogP contribution in [0, 0.1) is 11.8 Å². The Labute approximate surface area is 177 Å². The summed E-state index contributed by atoms with van der Waals surface area (Å²) in [5, 5.41) is 22.5. The molecule has 2 aromatic rings. The maximum atomic E-state index is 12.8. The summed E-state index contributed by atoms with van der Waals surface area (Å²) in [5.74, 6) is 0.681. The maximum Gasteiger partial charge on any atom is 0.224 e. The quantitative estimate of drug-likeness (QED) is 0.763. The van der Waals surface area contributed by atoms with E-state index in [1.807, 2.05) is 41.2 Å². The third-order valence-corrected chi connectivity index (χ3v) is 7.37. The van der Waals surface area contributed by atoms with Gasteiger partial charge in [0, 0.05) is 19.1 Å². The van der Waals surface area contributed by atoms with Crippen LogP contribution in [0.2, 0.25) is 0 Å². The number of carbonyl (C=O) groups excluding carboxylic acids is 1. The zero-order valence-electron chi connectivity index (χ0n) is 17.4. The summed E-state index contributed by atoms with van der Waals surface area (Å²) in [6, 6.07) is 10.5. The van der Waals surface area contributed by atoms with Gasteiger partial charge < -0.3 is 10.4 Å². The van der Waals surface area contributed by atoms with Crippen molar-refractivity contribution >= 4 is 5.91 Å². The van der Waals surface area contributed by atoms with E-state index in [9.17, 15) is 9.90 Å². The average molecular weight is 410 g/mol. The highest BCUT2D eigenvalue weighted by atomic mass is 16.3. The van der Waals surface area contributed by atoms with Gasteiger partial charge in [0.15, 0.2) is 0 Å². The van der Waals surface area contributed by atoms with Gasteiger partial charge in [-0.3, -0.25) is 14.4 Å². The van der Waals surface area contributed by atoms with Gasteiger partial charge in [-0.1, -0.05) is 48.4 Å². The van der Waals surface area contributed by atoms with E-state index in [0.717, 1.165) is 63.7 Å². The molecule has 4 heterocycles. The largest absolute Gasteiger partial charge is 0.383 e. The predicted molar refractivity (Wildman–Crippen MR) is 112 cm³/mol. The fraction of sp³-hybridized carbons (Fsp3) is 0.609. The van der Waals surface area contributed by atoms with Crippen molar-refractivity contribution < 1.29 is 9.90 Å². The van der Waals surface area contributed by atoms with E-state index in [2.05, 4.69) is 20.5 Å². The van der Waals surface area contributed by atoms with Crippen LogP contribution in [0.3, 0.4) is 0 Å². The second kappa shape index (κ2) is 8.12. The monoisotopic (exact) mass is 409 g/mol. The van der Waals surface area contributed by atoms with Gasteiger partial charge in [0.2, 0.25) is 5.91 Å². The zero-order valence-corrected chi connectivity index (χ0v) is 17.4. The molecule has 1 aromatic carbocycles. The minimum atomic E-state index is -0.786. The molecule has 30 heavy (non-hydrogen) atoms. The van der Waals surface area contributed by atoms with Crippen molar-refractivity contribution in [1.82, 2.24) is 25.2 Å². The van der Waals surface area contributed by atoms with E-state index < -0.39 is 5.60 Å². The second-order valence-electron chi connectivity index (χ2n) is 9.31. The normalized spacial score (nSPS) is 29.8. The molecule has 1 unspecified atom stereocenters. The van der Waals surface area contributed by atoms with Gasteiger partial charge in [-0.15, -0.1) is 5.10 Å². The Morgan fingerprint density at radius 1 is 1.23 bits per heavy atom. The summed E-state index contributed by atoms with van der Waals surface area (Å²) in [5.41, 5.74) is 1.07. The summed E-state index contributed by atoms with van der Waals surface area (Å²) in [6.07, 6.45) is 7.69. The van der Waals surface area contributed by atoms with Crippen LogP contribution in [-0.4, -0.2) is 50.0 Å². The number of nitrogens with one attached hydrogen (secondary N) is 1. The SMILES string of the molecule is O=C(NCc1ccccc1)[C@@H]1CN2CC[C@H]1C[C@@H]2Cn1cc(C2(O)CCCC2)nn1.